The molecule has 3 nitrogen and oxygen atoms in total. The predicted molar refractivity (Wildman–Crippen MR) is 86.2 cm³/mol. The molecule has 0 aliphatic rings. The third-order valence-corrected chi connectivity index (χ3v) is 3.79. The molecule has 0 aliphatic heterocycles. The van der Waals surface area contributed by atoms with E-state index in [-0.39, 0.29) is 6.03 Å². The number of anilines is 1. The predicted octanol–water partition coefficient (Wildman–Crippen LogP) is 4.73. The van der Waals surface area contributed by atoms with Crippen molar-refractivity contribution >= 4 is 39.2 Å². The molecular formula is C15H14BrClN2O. The van der Waals surface area contributed by atoms with Crippen molar-refractivity contribution in [3.05, 3.63) is 63.1 Å². The molecule has 0 atom stereocenters. The minimum absolute atomic E-state index is 0.269. The Hall–Kier alpha value is -1.52. The van der Waals surface area contributed by atoms with Crippen LogP contribution in [0.25, 0.3) is 0 Å². The minimum atomic E-state index is -0.269. The highest BCUT2D eigenvalue weighted by Crippen LogP contribution is 2.23. The largest absolute Gasteiger partial charge is 0.334 e. The van der Waals surface area contributed by atoms with E-state index in [4.69, 9.17) is 11.6 Å². The molecule has 20 heavy (non-hydrogen) atoms. The lowest BCUT2D eigenvalue weighted by Crippen LogP contribution is -2.28. The van der Waals surface area contributed by atoms with Crippen molar-refractivity contribution in [3.8, 4) is 0 Å². The van der Waals surface area contributed by atoms with Crippen LogP contribution in [-0.2, 0) is 6.54 Å². The number of nitrogens with one attached hydrogen (secondary N) is 2. The molecule has 0 fully saturated rings. The van der Waals surface area contributed by atoms with Gasteiger partial charge < -0.3 is 10.6 Å². The number of halogens is 2. The molecule has 0 unspecified atom stereocenters. The number of hydrogen-bond donors (Lipinski definition) is 2. The molecule has 0 heterocycles. The van der Waals surface area contributed by atoms with Crippen LogP contribution in [0.1, 0.15) is 11.1 Å². The van der Waals surface area contributed by atoms with Gasteiger partial charge in [-0.25, -0.2) is 4.79 Å². The molecule has 0 spiro atoms. The Morgan fingerprint density at radius 2 is 2.00 bits per heavy atom. The molecule has 5 heteroatoms. The van der Waals surface area contributed by atoms with Crippen molar-refractivity contribution in [2.24, 2.45) is 0 Å². The van der Waals surface area contributed by atoms with Crippen LogP contribution in [0.2, 0.25) is 5.02 Å². The fourth-order valence-corrected chi connectivity index (χ4v) is 2.50. The average Bonchev–Trinajstić information content (AvgIpc) is 2.41. The molecule has 0 radical (unpaired) electrons. The van der Waals surface area contributed by atoms with Crippen LogP contribution in [0, 0.1) is 6.92 Å². The van der Waals surface area contributed by atoms with Gasteiger partial charge in [-0.3, -0.25) is 0 Å². The SMILES string of the molecule is Cc1ccc(NC(=O)NCc2ccccc2Cl)c(Br)c1. The van der Waals surface area contributed by atoms with Gasteiger partial charge in [0, 0.05) is 16.0 Å². The van der Waals surface area contributed by atoms with Gasteiger partial charge in [0.25, 0.3) is 0 Å². The van der Waals surface area contributed by atoms with Gasteiger partial charge in [0.1, 0.15) is 0 Å². The molecule has 2 rings (SSSR count). The van der Waals surface area contributed by atoms with Gasteiger partial charge in [-0.1, -0.05) is 35.9 Å². The van der Waals surface area contributed by atoms with Gasteiger partial charge >= 0.3 is 6.03 Å². The fraction of sp³-hybridized carbons (Fsp3) is 0.133. The van der Waals surface area contributed by atoms with Crippen LogP contribution in [0.4, 0.5) is 10.5 Å². The molecule has 0 aliphatic carbocycles. The molecule has 0 aromatic heterocycles. The van der Waals surface area contributed by atoms with Gasteiger partial charge in [-0.2, -0.15) is 0 Å². The van der Waals surface area contributed by atoms with Crippen molar-refractivity contribution in [1.82, 2.24) is 5.32 Å². The smallest absolute Gasteiger partial charge is 0.319 e. The Bertz CT molecular complexity index is 631. The average molecular weight is 354 g/mol. The standard InChI is InChI=1S/C15H14BrClN2O/c1-10-6-7-14(12(16)8-10)19-15(20)18-9-11-4-2-3-5-13(11)17/h2-8H,9H2,1H3,(H2,18,19,20). The number of amides is 2. The van der Waals surface area contributed by atoms with Gasteiger partial charge in [0.15, 0.2) is 0 Å². The van der Waals surface area contributed by atoms with Gasteiger partial charge in [0.05, 0.1) is 5.69 Å². The molecule has 2 N–H and O–H groups in total. The van der Waals surface area contributed by atoms with Crippen LogP contribution in [-0.4, -0.2) is 6.03 Å². The van der Waals surface area contributed by atoms with Crippen LogP contribution >= 0.6 is 27.5 Å². The maximum Gasteiger partial charge on any atom is 0.319 e. The summed E-state index contributed by atoms with van der Waals surface area (Å²) in [6.45, 7) is 2.38. The van der Waals surface area contributed by atoms with E-state index >= 15 is 0 Å². The Balaban J connectivity index is 1.94. The maximum absolute atomic E-state index is 11.8. The number of aryl methyl sites for hydroxylation is 1. The number of urea groups is 1. The molecular weight excluding hydrogens is 340 g/mol. The number of carbonyl (C=O) groups is 1. The number of hydrogen-bond acceptors (Lipinski definition) is 1. The molecule has 2 amide bonds. The van der Waals surface area contributed by atoms with Crippen molar-refractivity contribution < 1.29 is 4.79 Å². The number of carbonyl (C=O) groups excluding carboxylic acids is 1. The summed E-state index contributed by atoms with van der Waals surface area (Å²) >= 11 is 9.45. The normalized spacial score (nSPS) is 10.2. The first kappa shape index (κ1) is 14.9. The second-order valence-corrected chi connectivity index (χ2v) is 5.64. The monoisotopic (exact) mass is 352 g/mol. The van der Waals surface area contributed by atoms with Crippen molar-refractivity contribution in [1.29, 1.82) is 0 Å². The first-order chi connectivity index (χ1) is 9.56. The van der Waals surface area contributed by atoms with Gasteiger partial charge in [-0.05, 0) is 52.2 Å². The summed E-state index contributed by atoms with van der Waals surface area (Å²) < 4.78 is 0.852. The van der Waals surface area contributed by atoms with E-state index in [1.165, 1.54) is 0 Å². The third-order valence-electron chi connectivity index (χ3n) is 2.77. The van der Waals surface area contributed by atoms with E-state index in [0.29, 0.717) is 11.6 Å². The van der Waals surface area contributed by atoms with E-state index in [1.807, 2.05) is 43.3 Å². The molecule has 0 saturated carbocycles. The third kappa shape index (κ3) is 3.99. The summed E-state index contributed by atoms with van der Waals surface area (Å²) in [4.78, 5) is 11.8. The summed E-state index contributed by atoms with van der Waals surface area (Å²) in [7, 11) is 0. The zero-order valence-electron chi connectivity index (χ0n) is 10.9. The highest BCUT2D eigenvalue weighted by atomic mass is 79.9. The summed E-state index contributed by atoms with van der Waals surface area (Å²) in [6.07, 6.45) is 0. The maximum atomic E-state index is 11.8. The summed E-state index contributed by atoms with van der Waals surface area (Å²) in [5.41, 5.74) is 2.73. The minimum Gasteiger partial charge on any atom is -0.334 e. The van der Waals surface area contributed by atoms with E-state index in [2.05, 4.69) is 26.6 Å². The van der Waals surface area contributed by atoms with Crippen LogP contribution in [0.15, 0.2) is 46.9 Å². The van der Waals surface area contributed by atoms with E-state index < -0.39 is 0 Å². The number of rotatable bonds is 3. The summed E-state index contributed by atoms with van der Waals surface area (Å²) in [5.74, 6) is 0. The Morgan fingerprint density at radius 1 is 1.25 bits per heavy atom. The number of benzene rings is 2. The first-order valence-corrected chi connectivity index (χ1v) is 7.28. The topological polar surface area (TPSA) is 41.1 Å². The fourth-order valence-electron chi connectivity index (χ4n) is 1.71. The second-order valence-electron chi connectivity index (χ2n) is 4.38. The molecule has 0 bridgehead atoms. The van der Waals surface area contributed by atoms with E-state index in [1.54, 1.807) is 6.07 Å². The van der Waals surface area contributed by atoms with Gasteiger partial charge in [0.2, 0.25) is 0 Å². The summed E-state index contributed by atoms with van der Waals surface area (Å²) in [6, 6.07) is 12.9. The Morgan fingerprint density at radius 3 is 2.70 bits per heavy atom. The van der Waals surface area contributed by atoms with Crippen molar-refractivity contribution in [3.63, 3.8) is 0 Å². The molecule has 2 aromatic carbocycles. The summed E-state index contributed by atoms with van der Waals surface area (Å²) in [5, 5.41) is 6.20. The van der Waals surface area contributed by atoms with Gasteiger partial charge in [-0.15, -0.1) is 0 Å². The lowest BCUT2D eigenvalue weighted by Gasteiger charge is -2.10. The zero-order chi connectivity index (χ0) is 14.5. The highest BCUT2D eigenvalue weighted by molar-refractivity contribution is 9.10. The van der Waals surface area contributed by atoms with Crippen LogP contribution in [0.5, 0.6) is 0 Å². The van der Waals surface area contributed by atoms with E-state index in [9.17, 15) is 4.79 Å². The highest BCUT2D eigenvalue weighted by Gasteiger charge is 2.06. The molecule has 2 aromatic rings. The molecule has 104 valence electrons. The van der Waals surface area contributed by atoms with Crippen molar-refractivity contribution in [2.45, 2.75) is 13.5 Å². The Kier molecular flexibility index (Phi) is 5.04. The first-order valence-electron chi connectivity index (χ1n) is 6.10. The Labute approximate surface area is 131 Å². The lowest BCUT2D eigenvalue weighted by molar-refractivity contribution is 0.251. The van der Waals surface area contributed by atoms with E-state index in [0.717, 1.165) is 21.3 Å². The van der Waals surface area contributed by atoms with Crippen LogP contribution in [0.3, 0.4) is 0 Å². The van der Waals surface area contributed by atoms with Crippen molar-refractivity contribution in [2.75, 3.05) is 5.32 Å². The zero-order valence-corrected chi connectivity index (χ0v) is 13.3. The van der Waals surface area contributed by atoms with Crippen LogP contribution < -0.4 is 10.6 Å². The second kappa shape index (κ2) is 6.77. The lowest BCUT2D eigenvalue weighted by atomic mass is 10.2. The molecule has 0 saturated heterocycles. The quantitative estimate of drug-likeness (QED) is 0.822.